The number of benzene rings is 1. The highest BCUT2D eigenvalue weighted by Crippen LogP contribution is 2.28. The number of aryl methyl sites for hydroxylation is 1. The molecule has 82 valence electrons. The van der Waals surface area contributed by atoms with Gasteiger partial charge in [-0.05, 0) is 43.9 Å². The van der Waals surface area contributed by atoms with Crippen LogP contribution in [0.5, 0.6) is 0 Å². The lowest BCUT2D eigenvalue weighted by molar-refractivity contribution is 0.611. The topological polar surface area (TPSA) is 3.24 Å². The fraction of sp³-hybridized carbons (Fsp3) is 0.538. The van der Waals surface area contributed by atoms with Gasteiger partial charge in [-0.1, -0.05) is 13.0 Å². The lowest BCUT2D eigenvalue weighted by Gasteiger charge is -2.24. The van der Waals surface area contributed by atoms with E-state index in [0.29, 0.717) is 6.04 Å². The van der Waals surface area contributed by atoms with Crippen LogP contribution in [0, 0.1) is 5.82 Å². The van der Waals surface area contributed by atoms with Crippen molar-refractivity contribution in [2.45, 2.75) is 39.2 Å². The number of nitrogens with zero attached hydrogens (tertiary/aromatic N) is 1. The average Bonchev–Trinajstić information content (AvgIpc) is 2.64. The maximum Gasteiger partial charge on any atom is 0.146 e. The summed E-state index contributed by atoms with van der Waals surface area (Å²) in [6, 6.07) is 6.10. The van der Waals surface area contributed by atoms with E-state index >= 15 is 0 Å². The number of halogens is 1. The summed E-state index contributed by atoms with van der Waals surface area (Å²) < 4.78 is 13.8. The number of hydrogen-bond donors (Lipinski definition) is 0. The molecule has 0 radical (unpaired) electrons. The van der Waals surface area contributed by atoms with Crippen LogP contribution in [0.25, 0.3) is 0 Å². The quantitative estimate of drug-likeness (QED) is 0.718. The Morgan fingerprint density at radius 2 is 2.27 bits per heavy atom. The Hall–Kier alpha value is -1.05. The summed E-state index contributed by atoms with van der Waals surface area (Å²) in [7, 11) is 0. The summed E-state index contributed by atoms with van der Waals surface area (Å²) in [5.74, 6) is -0.0666. The largest absolute Gasteiger partial charge is 0.366 e. The van der Waals surface area contributed by atoms with Gasteiger partial charge in [0.05, 0.1) is 5.69 Å². The zero-order chi connectivity index (χ0) is 10.8. The van der Waals surface area contributed by atoms with E-state index in [1.54, 1.807) is 6.07 Å². The van der Waals surface area contributed by atoms with Gasteiger partial charge in [0, 0.05) is 12.6 Å². The van der Waals surface area contributed by atoms with Gasteiger partial charge in [0.15, 0.2) is 0 Å². The highest BCUT2D eigenvalue weighted by molar-refractivity contribution is 5.50. The first-order valence-corrected chi connectivity index (χ1v) is 5.77. The van der Waals surface area contributed by atoms with Crippen LogP contribution in [0.15, 0.2) is 18.2 Å². The lowest BCUT2D eigenvalue weighted by Crippen LogP contribution is -2.27. The van der Waals surface area contributed by atoms with Gasteiger partial charge in [0.1, 0.15) is 5.82 Å². The molecule has 1 aliphatic heterocycles. The number of anilines is 1. The van der Waals surface area contributed by atoms with Crippen LogP contribution >= 0.6 is 0 Å². The molecule has 2 rings (SSSR count). The average molecular weight is 207 g/mol. The summed E-state index contributed by atoms with van der Waals surface area (Å²) in [5.41, 5.74) is 1.85. The SMILES string of the molecule is CCc1ccc(N2CCC[C@@H]2C)c(F)c1. The third-order valence-corrected chi connectivity index (χ3v) is 3.28. The second kappa shape index (κ2) is 4.21. The Kier molecular flexibility index (Phi) is 2.94. The molecule has 0 saturated carbocycles. The van der Waals surface area contributed by atoms with Crippen molar-refractivity contribution in [1.29, 1.82) is 0 Å². The Bertz CT molecular complexity index is 348. The first kappa shape index (κ1) is 10.5. The smallest absolute Gasteiger partial charge is 0.146 e. The summed E-state index contributed by atoms with van der Waals surface area (Å²) in [5, 5.41) is 0. The number of hydrogen-bond acceptors (Lipinski definition) is 1. The molecule has 0 spiro atoms. The van der Waals surface area contributed by atoms with Crippen LogP contribution in [0.2, 0.25) is 0 Å². The molecule has 1 aliphatic rings. The molecular formula is C13H18FN. The maximum atomic E-state index is 13.8. The molecule has 0 unspecified atom stereocenters. The second-order valence-electron chi connectivity index (χ2n) is 4.32. The Balaban J connectivity index is 2.28. The molecule has 1 aromatic carbocycles. The van der Waals surface area contributed by atoms with E-state index in [4.69, 9.17) is 0 Å². The third-order valence-electron chi connectivity index (χ3n) is 3.28. The van der Waals surface area contributed by atoms with Crippen LogP contribution in [0.3, 0.4) is 0 Å². The summed E-state index contributed by atoms with van der Waals surface area (Å²) in [4.78, 5) is 2.18. The van der Waals surface area contributed by atoms with Gasteiger partial charge in [0.25, 0.3) is 0 Å². The van der Waals surface area contributed by atoms with E-state index in [1.807, 2.05) is 19.1 Å². The first-order valence-electron chi connectivity index (χ1n) is 5.77. The summed E-state index contributed by atoms with van der Waals surface area (Å²) >= 11 is 0. The molecule has 1 fully saturated rings. The van der Waals surface area contributed by atoms with Crippen molar-refractivity contribution in [1.82, 2.24) is 0 Å². The molecule has 0 aromatic heterocycles. The van der Waals surface area contributed by atoms with Gasteiger partial charge >= 0.3 is 0 Å². The molecule has 1 aromatic rings. The van der Waals surface area contributed by atoms with Crippen LogP contribution in [-0.4, -0.2) is 12.6 Å². The van der Waals surface area contributed by atoms with Crippen LogP contribution in [0.4, 0.5) is 10.1 Å². The first-order chi connectivity index (χ1) is 7.22. The van der Waals surface area contributed by atoms with Gasteiger partial charge < -0.3 is 4.90 Å². The standard InChI is InChI=1S/C13H18FN/c1-3-11-6-7-13(12(14)9-11)15-8-4-5-10(15)2/h6-7,9-10H,3-5,8H2,1-2H3/t10-/m0/s1. The van der Waals surface area contributed by atoms with Crippen molar-refractivity contribution in [2.75, 3.05) is 11.4 Å². The van der Waals surface area contributed by atoms with Crippen molar-refractivity contribution in [2.24, 2.45) is 0 Å². The Morgan fingerprint density at radius 3 is 2.80 bits per heavy atom. The third kappa shape index (κ3) is 1.99. The molecule has 1 saturated heterocycles. The van der Waals surface area contributed by atoms with Gasteiger partial charge in [-0.25, -0.2) is 4.39 Å². The van der Waals surface area contributed by atoms with Gasteiger partial charge in [0.2, 0.25) is 0 Å². The van der Waals surface area contributed by atoms with Crippen LogP contribution < -0.4 is 4.90 Å². The summed E-state index contributed by atoms with van der Waals surface area (Å²) in [6.45, 7) is 5.21. The molecule has 0 amide bonds. The molecule has 1 heterocycles. The molecular weight excluding hydrogens is 189 g/mol. The normalized spacial score (nSPS) is 21.0. The fourth-order valence-electron chi connectivity index (χ4n) is 2.29. The van der Waals surface area contributed by atoms with Gasteiger partial charge in [-0.2, -0.15) is 0 Å². The van der Waals surface area contributed by atoms with Crippen LogP contribution in [-0.2, 0) is 6.42 Å². The molecule has 15 heavy (non-hydrogen) atoms. The number of rotatable bonds is 2. The molecule has 0 bridgehead atoms. The zero-order valence-corrected chi connectivity index (χ0v) is 9.46. The Morgan fingerprint density at radius 1 is 1.47 bits per heavy atom. The molecule has 2 heteroatoms. The van der Waals surface area contributed by atoms with E-state index in [9.17, 15) is 4.39 Å². The van der Waals surface area contributed by atoms with Crippen molar-refractivity contribution in [3.05, 3.63) is 29.6 Å². The van der Waals surface area contributed by atoms with E-state index in [-0.39, 0.29) is 5.82 Å². The van der Waals surface area contributed by atoms with E-state index < -0.39 is 0 Å². The molecule has 1 atom stereocenters. The van der Waals surface area contributed by atoms with Crippen molar-refractivity contribution < 1.29 is 4.39 Å². The maximum absolute atomic E-state index is 13.8. The zero-order valence-electron chi connectivity index (χ0n) is 9.46. The predicted octanol–water partition coefficient (Wildman–Crippen LogP) is 3.38. The molecule has 1 nitrogen and oxygen atoms in total. The molecule has 0 aliphatic carbocycles. The summed E-state index contributed by atoms with van der Waals surface area (Å²) in [6.07, 6.45) is 3.25. The fourth-order valence-corrected chi connectivity index (χ4v) is 2.29. The van der Waals surface area contributed by atoms with Crippen molar-refractivity contribution in [3.8, 4) is 0 Å². The van der Waals surface area contributed by atoms with Crippen LogP contribution in [0.1, 0.15) is 32.3 Å². The Labute approximate surface area is 90.9 Å². The highest BCUT2D eigenvalue weighted by Gasteiger charge is 2.22. The minimum absolute atomic E-state index is 0.0666. The van der Waals surface area contributed by atoms with E-state index in [1.165, 1.54) is 12.8 Å². The highest BCUT2D eigenvalue weighted by atomic mass is 19.1. The van der Waals surface area contributed by atoms with E-state index in [2.05, 4.69) is 11.8 Å². The minimum atomic E-state index is -0.0666. The van der Waals surface area contributed by atoms with E-state index in [0.717, 1.165) is 24.2 Å². The lowest BCUT2D eigenvalue weighted by atomic mass is 10.1. The minimum Gasteiger partial charge on any atom is -0.366 e. The van der Waals surface area contributed by atoms with Crippen molar-refractivity contribution >= 4 is 5.69 Å². The predicted molar refractivity (Wildman–Crippen MR) is 61.8 cm³/mol. The van der Waals surface area contributed by atoms with Gasteiger partial charge in [-0.15, -0.1) is 0 Å². The van der Waals surface area contributed by atoms with Gasteiger partial charge in [-0.3, -0.25) is 0 Å². The van der Waals surface area contributed by atoms with Crippen molar-refractivity contribution in [3.63, 3.8) is 0 Å². The molecule has 0 N–H and O–H groups in total. The second-order valence-corrected chi connectivity index (χ2v) is 4.32. The monoisotopic (exact) mass is 207 g/mol.